The van der Waals surface area contributed by atoms with E-state index in [0.717, 1.165) is 10.5 Å². The number of imide groups is 2. The highest BCUT2D eigenvalue weighted by Crippen LogP contribution is 2.30. The van der Waals surface area contributed by atoms with Gasteiger partial charge in [-0.25, -0.2) is 14.5 Å². The Morgan fingerprint density at radius 3 is 2.14 bits per heavy atom. The van der Waals surface area contributed by atoms with E-state index in [1.165, 1.54) is 61.7 Å². The molecule has 3 aromatic carbocycles. The van der Waals surface area contributed by atoms with E-state index >= 15 is 0 Å². The number of urea groups is 1. The van der Waals surface area contributed by atoms with Crippen LogP contribution in [0.25, 0.3) is 12.2 Å². The van der Waals surface area contributed by atoms with Gasteiger partial charge in [0.2, 0.25) is 0 Å². The largest absolute Gasteiger partial charge is 0.493 e. The van der Waals surface area contributed by atoms with E-state index in [-0.39, 0.29) is 22.8 Å². The summed E-state index contributed by atoms with van der Waals surface area (Å²) in [6.07, 6.45) is 4.14. The number of anilines is 1. The minimum Gasteiger partial charge on any atom is -0.493 e. The molecule has 0 bridgehead atoms. The lowest BCUT2D eigenvalue weighted by atomic mass is 10.1. The smallest absolute Gasteiger partial charge is 0.336 e. The lowest BCUT2D eigenvalue weighted by molar-refractivity contribution is -0.129. The topological polar surface area (TPSA) is 102 Å². The minimum atomic E-state index is -0.874. The highest BCUT2D eigenvalue weighted by Gasteiger charge is 2.36. The van der Waals surface area contributed by atoms with E-state index in [2.05, 4.69) is 5.32 Å². The number of esters is 1. The summed E-state index contributed by atoms with van der Waals surface area (Å²) in [5, 5.41) is 3.15. The van der Waals surface area contributed by atoms with Crippen molar-refractivity contribution in [2.75, 3.05) is 12.0 Å². The van der Waals surface area contributed by atoms with Gasteiger partial charge in [-0.1, -0.05) is 41.4 Å². The van der Waals surface area contributed by atoms with Gasteiger partial charge in [0, 0.05) is 16.1 Å². The number of carbonyl (C=O) groups excluding carboxylic acids is 4. The lowest BCUT2D eigenvalue weighted by Gasteiger charge is -2.26. The number of rotatable bonds is 6. The highest BCUT2D eigenvalue weighted by molar-refractivity contribution is 6.39. The SMILES string of the molecule is COc1cc(/C=C2\C(=O)NC(=O)N(c3ccc(Cl)cc3)C2=O)ccc1OC(=O)/C=C/c1ccc(Cl)cc1. The Hall–Kier alpha value is -4.40. The summed E-state index contributed by atoms with van der Waals surface area (Å²) in [5.41, 5.74) is 1.14. The van der Waals surface area contributed by atoms with Gasteiger partial charge in [-0.2, -0.15) is 0 Å². The van der Waals surface area contributed by atoms with E-state index in [1.54, 1.807) is 30.3 Å². The molecule has 0 saturated carbocycles. The van der Waals surface area contributed by atoms with Crippen molar-refractivity contribution < 1.29 is 28.7 Å². The molecule has 0 spiro atoms. The molecule has 1 aliphatic heterocycles. The molecule has 186 valence electrons. The molecule has 3 aromatic rings. The number of barbiturate groups is 1. The molecule has 0 radical (unpaired) electrons. The Balaban J connectivity index is 1.55. The molecule has 10 heteroatoms. The van der Waals surface area contributed by atoms with Crippen LogP contribution >= 0.6 is 23.2 Å². The van der Waals surface area contributed by atoms with E-state index in [1.807, 2.05) is 0 Å². The highest BCUT2D eigenvalue weighted by atomic mass is 35.5. The monoisotopic (exact) mass is 536 g/mol. The summed E-state index contributed by atoms with van der Waals surface area (Å²) >= 11 is 11.7. The van der Waals surface area contributed by atoms with Crippen molar-refractivity contribution in [3.05, 3.63) is 99.6 Å². The number of hydrogen-bond acceptors (Lipinski definition) is 6. The molecule has 4 amide bonds. The quantitative estimate of drug-likeness (QED) is 0.199. The zero-order chi connectivity index (χ0) is 26.5. The first kappa shape index (κ1) is 25.7. The molecule has 8 nitrogen and oxygen atoms in total. The van der Waals surface area contributed by atoms with Crippen LogP contribution in [0, 0.1) is 0 Å². The molecule has 0 aromatic heterocycles. The summed E-state index contributed by atoms with van der Waals surface area (Å²) < 4.78 is 10.7. The molecule has 1 fully saturated rings. The predicted molar refractivity (Wildman–Crippen MR) is 140 cm³/mol. The number of methoxy groups -OCH3 is 1. The van der Waals surface area contributed by atoms with Crippen molar-refractivity contribution in [3.8, 4) is 11.5 Å². The molecule has 4 rings (SSSR count). The van der Waals surface area contributed by atoms with Gasteiger partial charge >= 0.3 is 12.0 Å². The van der Waals surface area contributed by atoms with Crippen molar-refractivity contribution in [1.29, 1.82) is 0 Å². The van der Waals surface area contributed by atoms with Gasteiger partial charge in [0.05, 0.1) is 12.8 Å². The van der Waals surface area contributed by atoms with E-state index in [4.69, 9.17) is 32.7 Å². The second-order valence-corrected chi connectivity index (χ2v) is 8.52. The summed E-state index contributed by atoms with van der Waals surface area (Å²) in [5.74, 6) is -1.97. The molecule has 0 aliphatic carbocycles. The fourth-order valence-corrected chi connectivity index (χ4v) is 3.64. The van der Waals surface area contributed by atoms with Crippen LogP contribution in [0.2, 0.25) is 10.0 Å². The average molecular weight is 537 g/mol. The second-order valence-electron chi connectivity index (χ2n) is 7.65. The summed E-state index contributed by atoms with van der Waals surface area (Å²) in [6.45, 7) is 0. The molecular formula is C27H18Cl2N2O6. The van der Waals surface area contributed by atoms with Crippen LogP contribution in [-0.2, 0) is 14.4 Å². The number of carbonyl (C=O) groups is 4. The van der Waals surface area contributed by atoms with Gasteiger partial charge in [-0.3, -0.25) is 14.9 Å². The molecule has 37 heavy (non-hydrogen) atoms. The van der Waals surface area contributed by atoms with Gasteiger partial charge in [0.15, 0.2) is 11.5 Å². The number of ether oxygens (including phenoxy) is 2. The van der Waals surface area contributed by atoms with Gasteiger partial charge < -0.3 is 9.47 Å². The van der Waals surface area contributed by atoms with Crippen LogP contribution in [0.15, 0.2) is 78.4 Å². The Bertz CT molecular complexity index is 1450. The number of benzene rings is 3. The maximum Gasteiger partial charge on any atom is 0.336 e. The molecule has 1 N–H and O–H groups in total. The normalized spacial score (nSPS) is 14.7. The molecular weight excluding hydrogens is 519 g/mol. The average Bonchev–Trinajstić information content (AvgIpc) is 2.88. The third-order valence-electron chi connectivity index (χ3n) is 5.18. The van der Waals surface area contributed by atoms with Crippen LogP contribution in [0.1, 0.15) is 11.1 Å². The fraction of sp³-hybridized carbons (Fsp3) is 0.0370. The van der Waals surface area contributed by atoms with E-state index < -0.39 is 23.8 Å². The molecule has 1 saturated heterocycles. The lowest BCUT2D eigenvalue weighted by Crippen LogP contribution is -2.54. The van der Waals surface area contributed by atoms with Crippen molar-refractivity contribution in [2.45, 2.75) is 0 Å². The van der Waals surface area contributed by atoms with Crippen LogP contribution in [0.5, 0.6) is 11.5 Å². The van der Waals surface area contributed by atoms with Crippen molar-refractivity contribution in [3.63, 3.8) is 0 Å². The molecule has 0 unspecified atom stereocenters. The summed E-state index contributed by atoms with van der Waals surface area (Å²) in [4.78, 5) is 50.9. The summed E-state index contributed by atoms with van der Waals surface area (Å²) in [7, 11) is 1.38. The van der Waals surface area contributed by atoms with Crippen LogP contribution in [0.3, 0.4) is 0 Å². The zero-order valence-electron chi connectivity index (χ0n) is 19.2. The van der Waals surface area contributed by atoms with Crippen molar-refractivity contribution in [2.24, 2.45) is 0 Å². The molecule has 1 heterocycles. The van der Waals surface area contributed by atoms with Crippen LogP contribution in [-0.4, -0.2) is 30.9 Å². The third-order valence-corrected chi connectivity index (χ3v) is 5.68. The van der Waals surface area contributed by atoms with Gasteiger partial charge in [-0.05, 0) is 71.8 Å². The first-order chi connectivity index (χ1) is 17.7. The van der Waals surface area contributed by atoms with Gasteiger partial charge in [-0.15, -0.1) is 0 Å². The van der Waals surface area contributed by atoms with Crippen LogP contribution in [0.4, 0.5) is 10.5 Å². The predicted octanol–water partition coefficient (Wildman–Crippen LogP) is 5.29. The number of amides is 4. The van der Waals surface area contributed by atoms with Crippen molar-refractivity contribution >= 4 is 64.9 Å². The van der Waals surface area contributed by atoms with E-state index in [0.29, 0.717) is 15.6 Å². The standard InChI is InChI=1S/C27H18Cl2N2O6/c1-36-23-15-17(4-12-22(23)37-24(32)13-5-16-2-6-18(28)7-3-16)14-21-25(33)30-27(35)31(26(21)34)20-10-8-19(29)9-11-20/h2-15H,1H3,(H,30,33,35)/b13-5+,21-14+. The van der Waals surface area contributed by atoms with Crippen LogP contribution < -0.4 is 19.7 Å². The van der Waals surface area contributed by atoms with Gasteiger partial charge in [0.1, 0.15) is 5.57 Å². The maximum absolute atomic E-state index is 13.0. The minimum absolute atomic E-state index is 0.132. The number of nitrogens with one attached hydrogen (secondary N) is 1. The summed E-state index contributed by atoms with van der Waals surface area (Å²) in [6, 6.07) is 16.5. The van der Waals surface area contributed by atoms with Gasteiger partial charge in [0.25, 0.3) is 11.8 Å². The number of hydrogen-bond donors (Lipinski definition) is 1. The molecule has 1 aliphatic rings. The number of nitrogens with zero attached hydrogens (tertiary/aromatic N) is 1. The second kappa shape index (κ2) is 11.1. The first-order valence-corrected chi connectivity index (χ1v) is 11.5. The zero-order valence-corrected chi connectivity index (χ0v) is 20.7. The van der Waals surface area contributed by atoms with Crippen molar-refractivity contribution in [1.82, 2.24) is 5.32 Å². The third kappa shape index (κ3) is 6.06. The molecule has 0 atom stereocenters. The fourth-order valence-electron chi connectivity index (χ4n) is 3.39. The maximum atomic E-state index is 13.0. The Kier molecular flexibility index (Phi) is 7.71. The number of halogens is 2. The first-order valence-electron chi connectivity index (χ1n) is 10.8. The van der Waals surface area contributed by atoms with E-state index in [9.17, 15) is 19.2 Å². The Labute approximate surface area is 221 Å². The Morgan fingerprint density at radius 1 is 0.865 bits per heavy atom. The Morgan fingerprint density at radius 2 is 1.49 bits per heavy atom.